The number of nitrogens with zero attached hydrogens (tertiary/aromatic N) is 1. The van der Waals surface area contributed by atoms with Crippen LogP contribution in [0.15, 0.2) is 51.7 Å². The molecule has 0 radical (unpaired) electrons. The Morgan fingerprint density at radius 1 is 1.19 bits per heavy atom. The lowest BCUT2D eigenvalue weighted by Crippen LogP contribution is -2.15. The molecule has 0 aliphatic rings. The van der Waals surface area contributed by atoms with E-state index in [1.807, 2.05) is 19.1 Å². The van der Waals surface area contributed by atoms with Gasteiger partial charge in [-0.1, -0.05) is 18.2 Å². The van der Waals surface area contributed by atoms with Crippen LogP contribution in [0, 0.1) is 6.92 Å². The van der Waals surface area contributed by atoms with Crippen molar-refractivity contribution in [3.8, 4) is 0 Å². The normalized spacial score (nSPS) is 10.9. The zero-order valence-electron chi connectivity index (χ0n) is 11.4. The van der Waals surface area contributed by atoms with E-state index < -0.39 is 11.7 Å². The second kappa shape index (κ2) is 4.94. The van der Waals surface area contributed by atoms with Gasteiger partial charge in [-0.15, -0.1) is 0 Å². The number of rotatable bonds is 3. The van der Waals surface area contributed by atoms with Crippen molar-refractivity contribution in [1.29, 1.82) is 0 Å². The zero-order valence-corrected chi connectivity index (χ0v) is 11.4. The Morgan fingerprint density at radius 2 is 1.90 bits per heavy atom. The number of hydrogen-bond donors (Lipinski definition) is 1. The molecule has 0 saturated heterocycles. The van der Waals surface area contributed by atoms with Gasteiger partial charge in [-0.3, -0.25) is 4.57 Å². The Labute approximate surface area is 120 Å². The molecule has 106 valence electrons. The van der Waals surface area contributed by atoms with Crippen LogP contribution in [-0.2, 0) is 6.54 Å². The smallest absolute Gasteiger partial charge is 0.420 e. The maximum Gasteiger partial charge on any atom is 0.420 e. The average Bonchev–Trinajstić information content (AvgIpc) is 2.76. The van der Waals surface area contributed by atoms with Crippen LogP contribution in [0.5, 0.6) is 0 Å². The summed E-state index contributed by atoms with van der Waals surface area (Å²) in [5, 5.41) is 8.88. The van der Waals surface area contributed by atoms with Crippen molar-refractivity contribution < 1.29 is 14.3 Å². The van der Waals surface area contributed by atoms with Gasteiger partial charge in [-0.05, 0) is 42.3 Å². The molecule has 0 bridgehead atoms. The fraction of sp³-hybridized carbons (Fsp3) is 0.125. The van der Waals surface area contributed by atoms with E-state index in [2.05, 4.69) is 0 Å². The highest BCUT2D eigenvalue weighted by atomic mass is 16.4. The molecule has 0 amide bonds. The summed E-state index contributed by atoms with van der Waals surface area (Å²) in [4.78, 5) is 22.8. The Kier molecular flexibility index (Phi) is 3.10. The molecule has 1 heterocycles. The molecule has 5 nitrogen and oxygen atoms in total. The van der Waals surface area contributed by atoms with Crippen LogP contribution < -0.4 is 5.76 Å². The van der Waals surface area contributed by atoms with Crippen molar-refractivity contribution in [3.05, 3.63) is 69.7 Å². The van der Waals surface area contributed by atoms with Crippen molar-refractivity contribution >= 4 is 17.1 Å². The minimum absolute atomic E-state index is 0.221. The highest BCUT2D eigenvalue weighted by molar-refractivity contribution is 5.87. The van der Waals surface area contributed by atoms with Crippen LogP contribution in [0.3, 0.4) is 0 Å². The zero-order chi connectivity index (χ0) is 15.0. The largest absolute Gasteiger partial charge is 0.478 e. The summed E-state index contributed by atoms with van der Waals surface area (Å²) < 4.78 is 6.74. The first-order valence-electron chi connectivity index (χ1n) is 6.47. The van der Waals surface area contributed by atoms with Gasteiger partial charge >= 0.3 is 11.7 Å². The number of oxazole rings is 1. The first-order chi connectivity index (χ1) is 10.0. The molecule has 3 aromatic rings. The monoisotopic (exact) mass is 283 g/mol. The maximum atomic E-state index is 11.9. The third-order valence-corrected chi connectivity index (χ3v) is 3.36. The quantitative estimate of drug-likeness (QED) is 0.802. The predicted octanol–water partition coefficient (Wildman–Crippen LogP) is 2.65. The van der Waals surface area contributed by atoms with Crippen molar-refractivity contribution in [2.24, 2.45) is 0 Å². The highest BCUT2D eigenvalue weighted by Gasteiger charge is 2.10. The molecule has 0 atom stereocenters. The fourth-order valence-corrected chi connectivity index (χ4v) is 2.26. The summed E-state index contributed by atoms with van der Waals surface area (Å²) in [6.07, 6.45) is 0. The highest BCUT2D eigenvalue weighted by Crippen LogP contribution is 2.16. The number of benzene rings is 2. The van der Waals surface area contributed by atoms with Gasteiger partial charge in [-0.2, -0.15) is 0 Å². The first-order valence-corrected chi connectivity index (χ1v) is 6.47. The number of aromatic carboxylic acids is 1. The summed E-state index contributed by atoms with van der Waals surface area (Å²) in [7, 11) is 0. The number of carboxylic acid groups (broad SMARTS) is 1. The van der Waals surface area contributed by atoms with Crippen LogP contribution >= 0.6 is 0 Å². The topological polar surface area (TPSA) is 72.4 Å². The van der Waals surface area contributed by atoms with E-state index in [1.165, 1.54) is 16.7 Å². The van der Waals surface area contributed by atoms with E-state index in [0.29, 0.717) is 12.1 Å². The number of fused-ring (bicyclic) bond motifs is 1. The second-order valence-electron chi connectivity index (χ2n) is 4.93. The van der Waals surface area contributed by atoms with E-state index >= 15 is 0 Å². The predicted molar refractivity (Wildman–Crippen MR) is 77.7 cm³/mol. The molecule has 1 aromatic heterocycles. The Balaban J connectivity index is 2.01. The summed E-state index contributed by atoms with van der Waals surface area (Å²) in [6.45, 7) is 2.29. The van der Waals surface area contributed by atoms with Gasteiger partial charge in [0.15, 0.2) is 5.58 Å². The lowest BCUT2D eigenvalue weighted by molar-refractivity contribution is 0.0697. The van der Waals surface area contributed by atoms with Crippen molar-refractivity contribution in [3.63, 3.8) is 0 Å². The third-order valence-electron chi connectivity index (χ3n) is 3.36. The molecule has 1 N–H and O–H groups in total. The van der Waals surface area contributed by atoms with E-state index in [-0.39, 0.29) is 5.56 Å². The summed E-state index contributed by atoms with van der Waals surface area (Å²) >= 11 is 0. The van der Waals surface area contributed by atoms with Gasteiger partial charge in [-0.25, -0.2) is 9.59 Å². The fourth-order valence-electron chi connectivity index (χ4n) is 2.26. The van der Waals surface area contributed by atoms with Crippen LogP contribution in [-0.4, -0.2) is 15.6 Å². The molecular formula is C16H13NO4. The molecule has 0 aliphatic carbocycles. The third kappa shape index (κ3) is 2.45. The SMILES string of the molecule is Cc1ccc2oc(=O)n(Cc3ccc(C(=O)O)cc3)c2c1. The summed E-state index contributed by atoms with van der Waals surface area (Å²) in [5.74, 6) is -1.39. The number of carboxylic acids is 1. The number of aryl methyl sites for hydroxylation is 1. The molecule has 0 saturated carbocycles. The minimum Gasteiger partial charge on any atom is -0.478 e. The molecule has 0 fully saturated rings. The van der Waals surface area contributed by atoms with Crippen LogP contribution in [0.4, 0.5) is 0 Å². The van der Waals surface area contributed by atoms with Gasteiger partial charge in [0, 0.05) is 0 Å². The standard InChI is InChI=1S/C16H13NO4/c1-10-2-7-14-13(8-10)17(16(20)21-14)9-11-3-5-12(6-4-11)15(18)19/h2-8H,9H2,1H3,(H,18,19). The molecule has 0 spiro atoms. The van der Waals surface area contributed by atoms with Crippen molar-refractivity contribution in [1.82, 2.24) is 4.57 Å². The molecule has 3 rings (SSSR count). The van der Waals surface area contributed by atoms with Gasteiger partial charge in [0.2, 0.25) is 0 Å². The lowest BCUT2D eigenvalue weighted by atomic mass is 10.1. The Hall–Kier alpha value is -2.82. The molecule has 0 aliphatic heterocycles. The molecular weight excluding hydrogens is 270 g/mol. The summed E-state index contributed by atoms with van der Waals surface area (Å²) in [6, 6.07) is 12.0. The van der Waals surface area contributed by atoms with E-state index in [1.54, 1.807) is 18.2 Å². The van der Waals surface area contributed by atoms with Crippen LogP contribution in [0.2, 0.25) is 0 Å². The number of carbonyl (C=O) groups is 1. The average molecular weight is 283 g/mol. The van der Waals surface area contributed by atoms with Crippen LogP contribution in [0.25, 0.3) is 11.1 Å². The molecule has 5 heteroatoms. The van der Waals surface area contributed by atoms with Gasteiger partial charge in [0.1, 0.15) is 0 Å². The van der Waals surface area contributed by atoms with E-state index in [0.717, 1.165) is 16.6 Å². The first kappa shape index (κ1) is 13.2. The number of hydrogen-bond acceptors (Lipinski definition) is 3. The Morgan fingerprint density at radius 3 is 2.57 bits per heavy atom. The Bertz CT molecular complexity index is 871. The molecule has 0 unspecified atom stereocenters. The minimum atomic E-state index is -0.969. The second-order valence-corrected chi connectivity index (χ2v) is 4.93. The van der Waals surface area contributed by atoms with Crippen LogP contribution in [0.1, 0.15) is 21.5 Å². The van der Waals surface area contributed by atoms with Gasteiger partial charge < -0.3 is 9.52 Å². The lowest BCUT2D eigenvalue weighted by Gasteiger charge is -2.04. The maximum absolute atomic E-state index is 11.9. The number of aromatic nitrogens is 1. The van der Waals surface area contributed by atoms with E-state index in [4.69, 9.17) is 9.52 Å². The van der Waals surface area contributed by atoms with Crippen molar-refractivity contribution in [2.45, 2.75) is 13.5 Å². The van der Waals surface area contributed by atoms with Gasteiger partial charge in [0.25, 0.3) is 0 Å². The van der Waals surface area contributed by atoms with Gasteiger partial charge in [0.05, 0.1) is 17.6 Å². The summed E-state index contributed by atoms with van der Waals surface area (Å²) in [5.41, 5.74) is 3.39. The molecule has 21 heavy (non-hydrogen) atoms. The van der Waals surface area contributed by atoms with Crippen molar-refractivity contribution in [2.75, 3.05) is 0 Å². The van der Waals surface area contributed by atoms with E-state index in [9.17, 15) is 9.59 Å². The molecule has 2 aromatic carbocycles.